The van der Waals surface area contributed by atoms with Crippen LogP contribution in [-0.2, 0) is 16.4 Å². The van der Waals surface area contributed by atoms with Gasteiger partial charge in [-0.2, -0.15) is 0 Å². The standard InChI is InChI=1S/C12H21N3O2S2/c1-2-19(16,17)13-7-6-11-10-18-12(14-11)15-8-4-3-5-9-15/h10,13H,2-9H2,1H3. The third kappa shape index (κ3) is 4.43. The Morgan fingerprint density at radius 1 is 1.37 bits per heavy atom. The molecule has 1 aromatic rings. The number of piperidine rings is 1. The molecule has 0 atom stereocenters. The molecule has 5 nitrogen and oxygen atoms in total. The number of sulfonamides is 1. The molecule has 0 aromatic carbocycles. The van der Waals surface area contributed by atoms with Gasteiger partial charge in [-0.25, -0.2) is 18.1 Å². The highest BCUT2D eigenvalue weighted by Gasteiger charge is 2.14. The summed E-state index contributed by atoms with van der Waals surface area (Å²) in [6.45, 7) is 4.25. The fraction of sp³-hybridized carbons (Fsp3) is 0.750. The maximum Gasteiger partial charge on any atom is 0.211 e. The Balaban J connectivity index is 1.83. The third-order valence-electron chi connectivity index (χ3n) is 3.25. The average Bonchev–Trinajstić information content (AvgIpc) is 2.88. The Labute approximate surface area is 119 Å². The molecule has 1 fully saturated rings. The van der Waals surface area contributed by atoms with E-state index in [4.69, 9.17) is 0 Å². The van der Waals surface area contributed by atoms with E-state index in [2.05, 4.69) is 14.6 Å². The topological polar surface area (TPSA) is 62.3 Å². The number of aromatic nitrogens is 1. The fourth-order valence-corrected chi connectivity index (χ4v) is 3.61. The zero-order valence-corrected chi connectivity index (χ0v) is 12.9. The van der Waals surface area contributed by atoms with Crippen LogP contribution in [0.3, 0.4) is 0 Å². The summed E-state index contributed by atoms with van der Waals surface area (Å²) in [5, 5.41) is 3.11. The van der Waals surface area contributed by atoms with Crippen LogP contribution in [0.1, 0.15) is 31.9 Å². The van der Waals surface area contributed by atoms with E-state index >= 15 is 0 Å². The molecule has 1 aliphatic rings. The molecule has 7 heteroatoms. The molecular weight excluding hydrogens is 282 g/mol. The quantitative estimate of drug-likeness (QED) is 0.867. The van der Waals surface area contributed by atoms with Crippen molar-refractivity contribution in [1.29, 1.82) is 0 Å². The first-order valence-electron chi connectivity index (χ1n) is 6.77. The van der Waals surface area contributed by atoms with Gasteiger partial charge in [-0.1, -0.05) is 0 Å². The zero-order valence-electron chi connectivity index (χ0n) is 11.3. The van der Waals surface area contributed by atoms with Crippen LogP contribution in [0.5, 0.6) is 0 Å². The second-order valence-electron chi connectivity index (χ2n) is 4.72. The van der Waals surface area contributed by atoms with Crippen molar-refractivity contribution in [3.63, 3.8) is 0 Å². The van der Waals surface area contributed by atoms with E-state index in [0.717, 1.165) is 23.9 Å². The normalized spacial score (nSPS) is 16.8. The monoisotopic (exact) mass is 303 g/mol. The van der Waals surface area contributed by atoms with Gasteiger partial charge in [0.2, 0.25) is 10.0 Å². The van der Waals surface area contributed by atoms with Crippen LogP contribution < -0.4 is 9.62 Å². The summed E-state index contributed by atoms with van der Waals surface area (Å²) in [5.41, 5.74) is 0.976. The highest BCUT2D eigenvalue weighted by atomic mass is 32.2. The zero-order chi connectivity index (χ0) is 13.7. The van der Waals surface area contributed by atoms with Crippen LogP contribution in [0.4, 0.5) is 5.13 Å². The second kappa shape index (κ2) is 6.67. The predicted molar refractivity (Wildman–Crippen MR) is 79.3 cm³/mol. The summed E-state index contributed by atoms with van der Waals surface area (Å²) < 4.78 is 25.2. The van der Waals surface area contributed by atoms with Crippen molar-refractivity contribution in [3.8, 4) is 0 Å². The van der Waals surface area contributed by atoms with E-state index in [9.17, 15) is 8.42 Å². The molecule has 1 N–H and O–H groups in total. The summed E-state index contributed by atoms with van der Waals surface area (Å²) in [7, 11) is -3.09. The smallest absolute Gasteiger partial charge is 0.211 e. The Morgan fingerprint density at radius 2 is 2.11 bits per heavy atom. The Morgan fingerprint density at radius 3 is 2.79 bits per heavy atom. The minimum atomic E-state index is -3.09. The van der Waals surface area contributed by atoms with E-state index in [-0.39, 0.29) is 5.75 Å². The van der Waals surface area contributed by atoms with E-state index < -0.39 is 10.0 Å². The molecule has 1 aliphatic heterocycles. The van der Waals surface area contributed by atoms with Crippen molar-refractivity contribution in [2.75, 3.05) is 30.3 Å². The second-order valence-corrected chi connectivity index (χ2v) is 7.65. The van der Waals surface area contributed by atoms with Gasteiger partial charge in [-0.3, -0.25) is 0 Å². The van der Waals surface area contributed by atoms with E-state index in [0.29, 0.717) is 13.0 Å². The predicted octanol–water partition coefficient (Wildman–Crippen LogP) is 1.62. The minimum Gasteiger partial charge on any atom is -0.348 e. The van der Waals surface area contributed by atoms with Crippen LogP contribution in [0.25, 0.3) is 0 Å². The van der Waals surface area contributed by atoms with Crippen molar-refractivity contribution in [2.24, 2.45) is 0 Å². The largest absolute Gasteiger partial charge is 0.348 e. The summed E-state index contributed by atoms with van der Waals surface area (Å²) >= 11 is 1.66. The minimum absolute atomic E-state index is 0.128. The Kier molecular flexibility index (Phi) is 5.18. The number of hydrogen-bond acceptors (Lipinski definition) is 5. The molecule has 108 valence electrons. The molecule has 1 saturated heterocycles. The number of nitrogens with zero attached hydrogens (tertiary/aromatic N) is 2. The Hall–Kier alpha value is -0.660. The van der Waals surface area contributed by atoms with Gasteiger partial charge in [0.1, 0.15) is 0 Å². The number of hydrogen-bond donors (Lipinski definition) is 1. The number of rotatable bonds is 6. The Bertz CT molecular complexity index is 493. The molecule has 0 unspecified atom stereocenters. The first-order chi connectivity index (χ1) is 9.11. The highest BCUT2D eigenvalue weighted by Crippen LogP contribution is 2.24. The number of thiazole rings is 1. The lowest BCUT2D eigenvalue weighted by Gasteiger charge is -2.25. The molecule has 0 radical (unpaired) electrons. The van der Waals surface area contributed by atoms with E-state index in [1.54, 1.807) is 18.3 Å². The van der Waals surface area contributed by atoms with Gasteiger partial charge in [0.05, 0.1) is 11.4 Å². The third-order valence-corrected chi connectivity index (χ3v) is 5.60. The lowest BCUT2D eigenvalue weighted by Crippen LogP contribution is -2.29. The van der Waals surface area contributed by atoms with Gasteiger partial charge < -0.3 is 4.90 Å². The molecule has 19 heavy (non-hydrogen) atoms. The molecule has 2 rings (SSSR count). The van der Waals surface area contributed by atoms with Gasteiger partial charge >= 0.3 is 0 Å². The van der Waals surface area contributed by atoms with Gasteiger partial charge in [-0.05, 0) is 26.2 Å². The first-order valence-corrected chi connectivity index (χ1v) is 9.30. The van der Waals surface area contributed by atoms with E-state index in [1.807, 2.05) is 5.38 Å². The van der Waals surface area contributed by atoms with E-state index in [1.165, 1.54) is 19.3 Å². The summed E-state index contributed by atoms with van der Waals surface area (Å²) in [5.74, 6) is 0.128. The molecule has 2 heterocycles. The molecule has 0 saturated carbocycles. The van der Waals surface area contributed by atoms with Gasteiger partial charge in [-0.15, -0.1) is 11.3 Å². The molecule has 0 bridgehead atoms. The number of anilines is 1. The van der Waals surface area contributed by atoms with Gasteiger partial charge in [0.25, 0.3) is 0 Å². The molecule has 1 aromatic heterocycles. The average molecular weight is 303 g/mol. The van der Waals surface area contributed by atoms with Gasteiger partial charge in [0.15, 0.2) is 5.13 Å². The molecular formula is C12H21N3O2S2. The van der Waals surface area contributed by atoms with Crippen LogP contribution >= 0.6 is 11.3 Å². The maximum absolute atomic E-state index is 11.3. The van der Waals surface area contributed by atoms with Crippen molar-refractivity contribution in [3.05, 3.63) is 11.1 Å². The van der Waals surface area contributed by atoms with Crippen molar-refractivity contribution in [1.82, 2.24) is 9.71 Å². The fourth-order valence-electron chi connectivity index (χ4n) is 2.08. The van der Waals surface area contributed by atoms with Crippen molar-refractivity contribution < 1.29 is 8.42 Å². The highest BCUT2D eigenvalue weighted by molar-refractivity contribution is 7.89. The van der Waals surface area contributed by atoms with Crippen LogP contribution in [0.2, 0.25) is 0 Å². The first kappa shape index (κ1) is 14.7. The maximum atomic E-state index is 11.3. The SMILES string of the molecule is CCS(=O)(=O)NCCc1csc(N2CCCCC2)n1. The molecule has 0 spiro atoms. The number of nitrogens with one attached hydrogen (secondary N) is 1. The lowest BCUT2D eigenvalue weighted by molar-refractivity contribution is 0.576. The molecule has 0 aliphatic carbocycles. The molecule has 0 amide bonds. The summed E-state index contributed by atoms with van der Waals surface area (Å²) in [4.78, 5) is 6.92. The van der Waals surface area contributed by atoms with Gasteiger partial charge in [0, 0.05) is 31.4 Å². The van der Waals surface area contributed by atoms with Crippen LogP contribution in [-0.4, -0.2) is 38.8 Å². The lowest BCUT2D eigenvalue weighted by atomic mass is 10.1. The summed E-state index contributed by atoms with van der Waals surface area (Å²) in [6.07, 6.45) is 4.45. The van der Waals surface area contributed by atoms with Crippen LogP contribution in [0.15, 0.2) is 5.38 Å². The van der Waals surface area contributed by atoms with Crippen molar-refractivity contribution in [2.45, 2.75) is 32.6 Å². The van der Waals surface area contributed by atoms with Crippen LogP contribution in [0, 0.1) is 0 Å². The van der Waals surface area contributed by atoms with Crippen molar-refractivity contribution >= 4 is 26.5 Å². The summed E-state index contributed by atoms with van der Waals surface area (Å²) in [6, 6.07) is 0.